The first-order valence-electron chi connectivity index (χ1n) is 4.01. The standard InChI is InChI=1S/C6H5NO6S4/c8-16(9,10)14-5-3-1-2-4-6(5)15(7-14)17(11,12)13/h1-4,7H/p+2. The molecule has 94 valence electrons. The second kappa shape index (κ2) is 4.12. The van der Waals surface area contributed by atoms with E-state index in [1.807, 2.05) is 0 Å². The van der Waals surface area contributed by atoms with E-state index in [4.69, 9.17) is 9.11 Å². The van der Waals surface area contributed by atoms with E-state index >= 15 is 0 Å². The van der Waals surface area contributed by atoms with Crippen LogP contribution >= 0.6 is 0 Å². The van der Waals surface area contributed by atoms with E-state index in [0.717, 1.165) is 0 Å². The van der Waals surface area contributed by atoms with Crippen molar-refractivity contribution in [2.24, 2.45) is 0 Å². The van der Waals surface area contributed by atoms with E-state index in [2.05, 4.69) is 4.13 Å². The van der Waals surface area contributed by atoms with Gasteiger partial charge in [0.1, 0.15) is 0 Å². The van der Waals surface area contributed by atoms with Crippen molar-refractivity contribution in [3.8, 4) is 0 Å². The van der Waals surface area contributed by atoms with Crippen LogP contribution < -0.4 is 4.13 Å². The third-order valence-electron chi connectivity index (χ3n) is 1.82. The van der Waals surface area contributed by atoms with Crippen LogP contribution in [0.5, 0.6) is 0 Å². The molecule has 0 radical (unpaired) electrons. The molecule has 1 aliphatic rings. The van der Waals surface area contributed by atoms with Gasteiger partial charge in [0.15, 0.2) is 0 Å². The molecule has 3 N–H and O–H groups in total. The highest BCUT2D eigenvalue weighted by atomic mass is 33.2. The van der Waals surface area contributed by atoms with Crippen LogP contribution in [-0.2, 0) is 38.5 Å². The zero-order valence-corrected chi connectivity index (χ0v) is 11.2. The Bertz CT molecular complexity index is 596. The van der Waals surface area contributed by atoms with Gasteiger partial charge in [-0.15, -0.1) is 16.8 Å². The fourth-order valence-electron chi connectivity index (χ4n) is 1.23. The van der Waals surface area contributed by atoms with Gasteiger partial charge in [0.25, 0.3) is 9.79 Å². The van der Waals surface area contributed by atoms with E-state index in [-0.39, 0.29) is 9.79 Å². The number of hydrogen-bond donors (Lipinski definition) is 3. The van der Waals surface area contributed by atoms with E-state index < -0.39 is 38.5 Å². The Kier molecular flexibility index (Phi) is 3.18. The maximum absolute atomic E-state index is 11.1. The van der Waals surface area contributed by atoms with Crippen molar-refractivity contribution in [3.63, 3.8) is 0 Å². The summed E-state index contributed by atoms with van der Waals surface area (Å²) in [6.45, 7) is 0. The van der Waals surface area contributed by atoms with Gasteiger partial charge in [0.05, 0.1) is 4.13 Å². The monoisotopic (exact) mass is 317 g/mol. The highest BCUT2D eigenvalue weighted by Gasteiger charge is 2.62. The predicted molar refractivity (Wildman–Crippen MR) is 63.9 cm³/mol. The van der Waals surface area contributed by atoms with Crippen molar-refractivity contribution in [1.29, 1.82) is 0 Å². The van der Waals surface area contributed by atoms with Crippen molar-refractivity contribution in [1.82, 2.24) is 4.13 Å². The molecule has 2 rings (SSSR count). The highest BCUT2D eigenvalue weighted by Crippen LogP contribution is 2.35. The Hall–Kier alpha value is -0.300. The van der Waals surface area contributed by atoms with Crippen molar-refractivity contribution >= 4 is 38.5 Å². The summed E-state index contributed by atoms with van der Waals surface area (Å²) < 4.78 is 64.6. The SMILES string of the molecule is O=S(=O)(O)[S+]1N[S+](S(=O)(=O)O)c2ccccc21. The number of rotatable bonds is 2. The van der Waals surface area contributed by atoms with Crippen LogP contribution in [0.15, 0.2) is 34.1 Å². The van der Waals surface area contributed by atoms with Crippen molar-refractivity contribution in [3.05, 3.63) is 24.3 Å². The molecule has 2 atom stereocenters. The van der Waals surface area contributed by atoms with Gasteiger partial charge in [-0.2, -0.15) is 0 Å². The average molecular weight is 317 g/mol. The van der Waals surface area contributed by atoms with Gasteiger partial charge in [-0.05, 0) is 0 Å². The van der Waals surface area contributed by atoms with Gasteiger partial charge in [-0.25, -0.2) is 9.11 Å². The molecular formula is C6H7NO6S4+2. The Morgan fingerprint density at radius 1 is 0.882 bits per heavy atom. The summed E-state index contributed by atoms with van der Waals surface area (Å²) in [5, 5.41) is 0. The molecule has 1 heterocycles. The Morgan fingerprint density at radius 2 is 1.24 bits per heavy atom. The Balaban J connectivity index is 2.63. The van der Waals surface area contributed by atoms with Crippen LogP contribution in [0.3, 0.4) is 0 Å². The fraction of sp³-hybridized carbons (Fsp3) is 0. The first-order chi connectivity index (χ1) is 7.71. The van der Waals surface area contributed by atoms with Crippen LogP contribution in [0.25, 0.3) is 0 Å². The van der Waals surface area contributed by atoms with Gasteiger partial charge in [0, 0.05) is 12.1 Å². The molecule has 1 aromatic carbocycles. The maximum Gasteiger partial charge on any atom is 0.477 e. The lowest BCUT2D eigenvalue weighted by Crippen LogP contribution is -2.32. The zero-order valence-electron chi connectivity index (χ0n) is 7.97. The van der Waals surface area contributed by atoms with Gasteiger partial charge < -0.3 is 0 Å². The van der Waals surface area contributed by atoms with E-state index in [9.17, 15) is 16.8 Å². The second-order valence-corrected chi connectivity index (χ2v) is 11.8. The molecule has 2 unspecified atom stereocenters. The summed E-state index contributed by atoms with van der Waals surface area (Å²) in [6.07, 6.45) is 0. The van der Waals surface area contributed by atoms with Crippen LogP contribution in [0.2, 0.25) is 0 Å². The summed E-state index contributed by atoms with van der Waals surface area (Å²) in [5.74, 6) is 0. The third kappa shape index (κ3) is 2.45. The van der Waals surface area contributed by atoms with E-state index in [1.165, 1.54) is 24.3 Å². The molecule has 0 saturated carbocycles. The molecular weight excluding hydrogens is 310 g/mol. The number of nitrogens with one attached hydrogen (secondary N) is 1. The van der Waals surface area contributed by atoms with Crippen molar-refractivity contribution in [2.45, 2.75) is 9.79 Å². The minimum Gasteiger partial charge on any atom is -0.244 e. The normalized spacial score (nSPS) is 24.6. The zero-order chi connectivity index (χ0) is 12.8. The molecule has 17 heavy (non-hydrogen) atoms. The minimum atomic E-state index is -4.46. The lowest BCUT2D eigenvalue weighted by atomic mass is 10.4. The molecule has 11 heteroatoms. The quantitative estimate of drug-likeness (QED) is 0.388. The Morgan fingerprint density at radius 3 is 1.53 bits per heavy atom. The molecule has 0 aliphatic carbocycles. The topological polar surface area (TPSA) is 121 Å². The van der Waals surface area contributed by atoms with Crippen LogP contribution in [0.4, 0.5) is 0 Å². The molecule has 0 spiro atoms. The van der Waals surface area contributed by atoms with Gasteiger partial charge in [0.2, 0.25) is 0 Å². The molecule has 0 fully saturated rings. The molecule has 7 nitrogen and oxygen atoms in total. The lowest BCUT2D eigenvalue weighted by Gasteiger charge is -1.90. The van der Waals surface area contributed by atoms with Crippen LogP contribution in [0, 0.1) is 0 Å². The number of benzene rings is 1. The molecule has 0 amide bonds. The molecule has 0 saturated heterocycles. The second-order valence-electron chi connectivity index (χ2n) is 2.92. The van der Waals surface area contributed by atoms with Crippen molar-refractivity contribution < 1.29 is 25.9 Å². The molecule has 1 aliphatic heterocycles. The summed E-state index contributed by atoms with van der Waals surface area (Å²) in [4.78, 5) is 0.298. The molecule has 0 aromatic heterocycles. The first kappa shape index (κ1) is 13.1. The molecule has 0 bridgehead atoms. The van der Waals surface area contributed by atoms with Crippen LogP contribution in [0.1, 0.15) is 0 Å². The highest BCUT2D eigenvalue weighted by molar-refractivity contribution is 8.75. The molecule has 1 aromatic rings. The number of hydrogen-bond acceptors (Lipinski definition) is 5. The van der Waals surface area contributed by atoms with Crippen LogP contribution in [-0.4, -0.2) is 25.9 Å². The number of fused-ring (bicyclic) bond motifs is 1. The van der Waals surface area contributed by atoms with Gasteiger partial charge in [-0.1, -0.05) is 12.1 Å². The average Bonchev–Trinajstić information content (AvgIpc) is 2.55. The summed E-state index contributed by atoms with van der Waals surface area (Å²) in [5.41, 5.74) is 0. The van der Waals surface area contributed by atoms with E-state index in [0.29, 0.717) is 0 Å². The van der Waals surface area contributed by atoms with Gasteiger partial charge in [-0.3, -0.25) is 0 Å². The smallest absolute Gasteiger partial charge is 0.244 e. The maximum atomic E-state index is 11.1. The summed E-state index contributed by atoms with van der Waals surface area (Å²) in [6, 6.07) is 5.81. The Labute approximate surface area is 102 Å². The first-order valence-corrected chi connectivity index (χ1v) is 10.4. The third-order valence-corrected chi connectivity index (χ3v) is 10.3. The summed E-state index contributed by atoms with van der Waals surface area (Å²) >= 11 is 0. The fourth-order valence-corrected chi connectivity index (χ4v) is 10.8. The largest absolute Gasteiger partial charge is 0.477 e. The van der Waals surface area contributed by atoms with Crippen molar-refractivity contribution in [2.75, 3.05) is 0 Å². The predicted octanol–water partition coefficient (Wildman–Crippen LogP) is -0.320. The minimum absolute atomic E-state index is 0.149. The summed E-state index contributed by atoms with van der Waals surface area (Å²) in [7, 11) is -12.6. The lowest BCUT2D eigenvalue weighted by molar-refractivity contribution is 0.500. The van der Waals surface area contributed by atoms with E-state index in [1.54, 1.807) is 0 Å². The van der Waals surface area contributed by atoms with Gasteiger partial charge >= 0.3 is 38.5 Å².